The number of nitrogens with zero attached hydrogens (tertiary/aromatic N) is 2. The molecule has 1 rings (SSSR count). The molecule has 14 heavy (non-hydrogen) atoms. The number of carbonyl (C=O) groups is 1. The van der Waals surface area contributed by atoms with Crippen molar-refractivity contribution in [2.75, 3.05) is 7.11 Å². The van der Waals surface area contributed by atoms with Crippen LogP contribution in [0.3, 0.4) is 0 Å². The maximum Gasteiger partial charge on any atom is 0.341 e. The number of aromatic nitrogens is 2. The van der Waals surface area contributed by atoms with E-state index in [9.17, 15) is 9.18 Å². The zero-order valence-corrected chi connectivity index (χ0v) is 8.24. The predicted octanol–water partition coefficient (Wildman–Crippen LogP) is 1.47. The number of hydrogen-bond acceptors (Lipinski definition) is 4. The molecule has 0 saturated heterocycles. The van der Waals surface area contributed by atoms with Gasteiger partial charge in [-0.2, -0.15) is 0 Å². The zero-order valence-electron chi connectivity index (χ0n) is 8.24. The summed E-state index contributed by atoms with van der Waals surface area (Å²) in [5, 5.41) is 0. The van der Waals surface area contributed by atoms with Crippen LogP contribution in [0.2, 0.25) is 0 Å². The SMILES string of the molecule is COC(=O)c1cnc(C(C)(C)F)nc1. The fourth-order valence-electron chi connectivity index (χ4n) is 0.858. The third kappa shape index (κ3) is 2.25. The number of ether oxygens (including phenoxy) is 1. The van der Waals surface area contributed by atoms with E-state index in [1.807, 2.05) is 0 Å². The first-order valence-electron chi connectivity index (χ1n) is 4.05. The molecule has 0 unspecified atom stereocenters. The van der Waals surface area contributed by atoms with Crippen LogP contribution in [0, 0.1) is 0 Å². The van der Waals surface area contributed by atoms with Gasteiger partial charge < -0.3 is 4.74 Å². The highest BCUT2D eigenvalue weighted by Gasteiger charge is 2.22. The second-order valence-electron chi connectivity index (χ2n) is 3.26. The molecule has 0 radical (unpaired) electrons. The monoisotopic (exact) mass is 198 g/mol. The molecule has 0 saturated carbocycles. The minimum Gasteiger partial charge on any atom is -0.465 e. The molecule has 0 spiro atoms. The van der Waals surface area contributed by atoms with Crippen molar-refractivity contribution >= 4 is 5.97 Å². The van der Waals surface area contributed by atoms with Crippen LogP contribution in [0.15, 0.2) is 12.4 Å². The lowest BCUT2D eigenvalue weighted by molar-refractivity contribution is 0.0599. The molecule has 1 heterocycles. The van der Waals surface area contributed by atoms with E-state index in [-0.39, 0.29) is 11.4 Å². The van der Waals surface area contributed by atoms with Crippen LogP contribution in [0.4, 0.5) is 4.39 Å². The number of halogens is 1. The van der Waals surface area contributed by atoms with Crippen molar-refractivity contribution in [3.63, 3.8) is 0 Å². The summed E-state index contributed by atoms with van der Waals surface area (Å²) in [6.07, 6.45) is 2.49. The average Bonchev–Trinajstić information content (AvgIpc) is 2.15. The highest BCUT2D eigenvalue weighted by atomic mass is 19.1. The number of carbonyl (C=O) groups excluding carboxylic acids is 1. The Morgan fingerprint density at radius 3 is 2.29 bits per heavy atom. The van der Waals surface area contributed by atoms with Gasteiger partial charge >= 0.3 is 5.97 Å². The maximum absolute atomic E-state index is 13.3. The van der Waals surface area contributed by atoms with Gasteiger partial charge in [0.05, 0.1) is 12.7 Å². The van der Waals surface area contributed by atoms with Gasteiger partial charge in [0, 0.05) is 12.4 Å². The van der Waals surface area contributed by atoms with E-state index in [1.54, 1.807) is 0 Å². The molecular formula is C9H11FN2O2. The molecule has 0 N–H and O–H groups in total. The molecule has 4 nitrogen and oxygen atoms in total. The second kappa shape index (κ2) is 3.69. The van der Waals surface area contributed by atoms with E-state index >= 15 is 0 Å². The highest BCUT2D eigenvalue weighted by Crippen LogP contribution is 2.19. The lowest BCUT2D eigenvalue weighted by Crippen LogP contribution is -2.15. The molecule has 0 aliphatic carbocycles. The summed E-state index contributed by atoms with van der Waals surface area (Å²) in [7, 11) is 1.26. The van der Waals surface area contributed by atoms with Crippen molar-refractivity contribution in [3.8, 4) is 0 Å². The van der Waals surface area contributed by atoms with Crippen molar-refractivity contribution < 1.29 is 13.9 Å². The lowest BCUT2D eigenvalue weighted by atomic mass is 10.1. The van der Waals surface area contributed by atoms with Gasteiger partial charge in [-0.25, -0.2) is 19.2 Å². The summed E-state index contributed by atoms with van der Waals surface area (Å²) in [5.41, 5.74) is -1.39. The molecule has 5 heteroatoms. The van der Waals surface area contributed by atoms with Gasteiger partial charge in [-0.15, -0.1) is 0 Å². The van der Waals surface area contributed by atoms with Gasteiger partial charge in [-0.05, 0) is 13.8 Å². The maximum atomic E-state index is 13.3. The quantitative estimate of drug-likeness (QED) is 0.675. The van der Waals surface area contributed by atoms with E-state index in [1.165, 1.54) is 33.4 Å². The molecule has 0 bridgehead atoms. The normalized spacial score (nSPS) is 11.1. The van der Waals surface area contributed by atoms with E-state index in [0.717, 1.165) is 0 Å². The Kier molecular flexibility index (Phi) is 2.78. The lowest BCUT2D eigenvalue weighted by Gasteiger charge is -2.11. The Balaban J connectivity index is 2.95. The summed E-state index contributed by atoms with van der Waals surface area (Å²) in [5.74, 6) is -0.488. The molecular weight excluding hydrogens is 187 g/mol. The molecule has 1 aromatic rings. The van der Waals surface area contributed by atoms with Gasteiger partial charge in [0.2, 0.25) is 0 Å². The molecule has 1 aromatic heterocycles. The largest absolute Gasteiger partial charge is 0.465 e. The van der Waals surface area contributed by atoms with Crippen LogP contribution in [0.25, 0.3) is 0 Å². The van der Waals surface area contributed by atoms with Gasteiger partial charge in [-0.1, -0.05) is 0 Å². The Hall–Kier alpha value is -1.52. The zero-order chi connectivity index (χ0) is 10.8. The van der Waals surface area contributed by atoms with Gasteiger partial charge in [0.15, 0.2) is 11.5 Å². The van der Waals surface area contributed by atoms with Crippen molar-refractivity contribution in [1.29, 1.82) is 0 Å². The Labute approximate surface area is 81.1 Å². The number of hydrogen-bond donors (Lipinski definition) is 0. The first kappa shape index (κ1) is 10.6. The van der Waals surface area contributed by atoms with Crippen molar-refractivity contribution in [1.82, 2.24) is 9.97 Å². The van der Waals surface area contributed by atoms with Gasteiger partial charge in [-0.3, -0.25) is 0 Å². The van der Waals surface area contributed by atoms with Crippen molar-refractivity contribution in [2.24, 2.45) is 0 Å². The van der Waals surface area contributed by atoms with E-state index in [2.05, 4.69) is 14.7 Å². The Morgan fingerprint density at radius 2 is 1.93 bits per heavy atom. The summed E-state index contributed by atoms with van der Waals surface area (Å²) in [6, 6.07) is 0. The first-order valence-corrected chi connectivity index (χ1v) is 4.05. The van der Waals surface area contributed by atoms with Crippen LogP contribution < -0.4 is 0 Å². The molecule has 0 aliphatic heterocycles. The number of rotatable bonds is 2. The van der Waals surface area contributed by atoms with Crippen LogP contribution in [-0.2, 0) is 10.4 Å². The molecule has 0 aliphatic rings. The fraction of sp³-hybridized carbons (Fsp3) is 0.444. The van der Waals surface area contributed by atoms with Gasteiger partial charge in [0.1, 0.15) is 0 Å². The van der Waals surface area contributed by atoms with E-state index in [4.69, 9.17) is 0 Å². The van der Waals surface area contributed by atoms with Crippen LogP contribution in [0.5, 0.6) is 0 Å². The number of alkyl halides is 1. The Morgan fingerprint density at radius 1 is 1.43 bits per heavy atom. The van der Waals surface area contributed by atoms with Crippen LogP contribution in [-0.4, -0.2) is 23.0 Å². The fourth-order valence-corrected chi connectivity index (χ4v) is 0.858. The third-order valence-corrected chi connectivity index (χ3v) is 1.60. The second-order valence-corrected chi connectivity index (χ2v) is 3.26. The minimum absolute atomic E-state index is 0.0464. The van der Waals surface area contributed by atoms with Crippen molar-refractivity contribution in [2.45, 2.75) is 19.5 Å². The van der Waals surface area contributed by atoms with Crippen molar-refractivity contribution in [3.05, 3.63) is 23.8 Å². The number of esters is 1. The van der Waals surface area contributed by atoms with Crippen LogP contribution >= 0.6 is 0 Å². The molecule has 0 amide bonds. The first-order chi connectivity index (χ1) is 6.45. The summed E-state index contributed by atoms with van der Waals surface area (Å²) in [6.45, 7) is 2.69. The smallest absolute Gasteiger partial charge is 0.341 e. The Bertz CT molecular complexity index is 330. The minimum atomic E-state index is -1.60. The summed E-state index contributed by atoms with van der Waals surface area (Å²) in [4.78, 5) is 18.4. The topological polar surface area (TPSA) is 52.1 Å². The standard InChI is InChI=1S/C9H11FN2O2/c1-9(2,10)8-11-4-6(5-12-8)7(13)14-3/h4-5H,1-3H3. The highest BCUT2D eigenvalue weighted by molar-refractivity contribution is 5.88. The van der Waals surface area contributed by atoms with E-state index in [0.29, 0.717) is 0 Å². The number of methoxy groups -OCH3 is 1. The third-order valence-electron chi connectivity index (χ3n) is 1.60. The average molecular weight is 198 g/mol. The summed E-state index contributed by atoms with van der Waals surface area (Å²) >= 11 is 0. The van der Waals surface area contributed by atoms with E-state index < -0.39 is 11.6 Å². The van der Waals surface area contributed by atoms with Crippen LogP contribution in [0.1, 0.15) is 30.0 Å². The summed E-state index contributed by atoms with van der Waals surface area (Å²) < 4.78 is 17.7. The van der Waals surface area contributed by atoms with Gasteiger partial charge in [0.25, 0.3) is 0 Å². The predicted molar refractivity (Wildman–Crippen MR) is 47.5 cm³/mol. The molecule has 0 aromatic carbocycles. The molecule has 76 valence electrons. The molecule has 0 atom stereocenters. The molecule has 0 fully saturated rings.